The van der Waals surface area contributed by atoms with Gasteiger partial charge in [0.2, 0.25) is 0 Å². The highest BCUT2D eigenvalue weighted by Gasteiger charge is 2.22. The van der Waals surface area contributed by atoms with E-state index in [1.807, 2.05) is 13.8 Å². The summed E-state index contributed by atoms with van der Waals surface area (Å²) in [5.74, 6) is 0.269. The van der Waals surface area contributed by atoms with Gasteiger partial charge in [0.25, 0.3) is 0 Å². The number of allylic oxidation sites excluding steroid dienone is 2. The first kappa shape index (κ1) is 20.2. The maximum atomic E-state index is 11.9. The number of carbonyl (C=O) groups excluding carboxylic acids is 1. The molecule has 2 unspecified atom stereocenters. The minimum Gasteiger partial charge on any atom is -0.466 e. The minimum atomic E-state index is -0.0466. The fourth-order valence-electron chi connectivity index (χ4n) is 2.56. The van der Waals surface area contributed by atoms with Crippen molar-refractivity contribution in [2.24, 2.45) is 11.8 Å². The van der Waals surface area contributed by atoms with E-state index in [9.17, 15) is 4.79 Å². The van der Waals surface area contributed by atoms with Gasteiger partial charge >= 0.3 is 5.97 Å². The van der Waals surface area contributed by atoms with Crippen LogP contribution >= 0.6 is 0 Å². The van der Waals surface area contributed by atoms with Crippen molar-refractivity contribution in [2.45, 2.75) is 85.5 Å². The molecule has 0 aromatic carbocycles. The highest BCUT2D eigenvalue weighted by Crippen LogP contribution is 2.23. The molecule has 0 N–H and O–H groups in total. The van der Waals surface area contributed by atoms with Crippen LogP contribution in [0.2, 0.25) is 0 Å². The second kappa shape index (κ2) is 14.2. The Morgan fingerprint density at radius 1 is 1.00 bits per heavy atom. The number of esters is 1. The largest absolute Gasteiger partial charge is 0.466 e. The van der Waals surface area contributed by atoms with Crippen LogP contribution in [0.25, 0.3) is 0 Å². The Morgan fingerprint density at radius 3 is 2.29 bits per heavy atom. The summed E-state index contributed by atoms with van der Waals surface area (Å²) in [7, 11) is 0. The molecule has 0 fully saturated rings. The van der Waals surface area contributed by atoms with E-state index in [4.69, 9.17) is 4.74 Å². The molecule has 0 aliphatic heterocycles. The molecule has 0 rings (SSSR count). The second-order valence-electron chi connectivity index (χ2n) is 5.98. The van der Waals surface area contributed by atoms with Crippen LogP contribution in [0, 0.1) is 11.8 Å². The lowest BCUT2D eigenvalue weighted by atomic mass is 9.88. The Kier molecular flexibility index (Phi) is 13.6. The maximum Gasteiger partial charge on any atom is 0.309 e. The Bertz CT molecular complexity index is 271. The SMILES string of the molecule is CCC/C=C/C(CCCCCCCC)C(C)C(=O)OCC. The third-order valence-electron chi connectivity index (χ3n) is 4.03. The molecule has 0 bridgehead atoms. The van der Waals surface area contributed by atoms with Gasteiger partial charge in [-0.15, -0.1) is 0 Å². The summed E-state index contributed by atoms with van der Waals surface area (Å²) < 4.78 is 5.18. The molecular weight excluding hydrogens is 260 g/mol. The van der Waals surface area contributed by atoms with Crippen molar-refractivity contribution in [3.8, 4) is 0 Å². The summed E-state index contributed by atoms with van der Waals surface area (Å²) in [6, 6.07) is 0. The Labute approximate surface area is 132 Å². The summed E-state index contributed by atoms with van der Waals surface area (Å²) in [5, 5.41) is 0. The van der Waals surface area contributed by atoms with E-state index in [-0.39, 0.29) is 11.9 Å². The van der Waals surface area contributed by atoms with Gasteiger partial charge in [-0.25, -0.2) is 0 Å². The standard InChI is InChI=1S/C19H36O2/c1-5-8-10-11-12-14-16-18(15-13-9-6-2)17(4)19(20)21-7-3/h13,15,17-18H,5-12,14,16H2,1-4H3/b15-13+. The third kappa shape index (κ3) is 10.6. The zero-order valence-electron chi connectivity index (χ0n) is 14.7. The third-order valence-corrected chi connectivity index (χ3v) is 4.03. The molecule has 0 saturated heterocycles. The lowest BCUT2D eigenvalue weighted by molar-refractivity contribution is -0.148. The van der Waals surface area contributed by atoms with Crippen LogP contribution in [0.3, 0.4) is 0 Å². The van der Waals surface area contributed by atoms with Crippen molar-refractivity contribution in [1.29, 1.82) is 0 Å². The Hall–Kier alpha value is -0.790. The number of ether oxygens (including phenoxy) is 1. The number of hydrogen-bond acceptors (Lipinski definition) is 2. The van der Waals surface area contributed by atoms with Gasteiger partial charge in [-0.1, -0.05) is 77.9 Å². The van der Waals surface area contributed by atoms with E-state index in [1.165, 1.54) is 38.5 Å². The zero-order valence-corrected chi connectivity index (χ0v) is 14.7. The molecule has 0 heterocycles. The van der Waals surface area contributed by atoms with Gasteiger partial charge in [-0.05, 0) is 25.7 Å². The fraction of sp³-hybridized carbons (Fsp3) is 0.842. The molecule has 0 aromatic rings. The zero-order chi connectivity index (χ0) is 15.9. The first-order valence-corrected chi connectivity index (χ1v) is 9.00. The van der Waals surface area contributed by atoms with Crippen LogP contribution in [0.1, 0.15) is 85.5 Å². The molecule has 0 spiro atoms. The molecule has 124 valence electrons. The molecule has 0 amide bonds. The second-order valence-corrected chi connectivity index (χ2v) is 5.98. The predicted octanol–water partition coefficient (Wildman–Crippen LogP) is 5.91. The molecule has 2 atom stereocenters. The summed E-state index contributed by atoms with van der Waals surface area (Å²) in [5.41, 5.74) is 0. The van der Waals surface area contributed by atoms with Crippen LogP contribution in [0.5, 0.6) is 0 Å². The number of unbranched alkanes of at least 4 members (excludes halogenated alkanes) is 6. The van der Waals surface area contributed by atoms with E-state index in [2.05, 4.69) is 26.0 Å². The summed E-state index contributed by atoms with van der Waals surface area (Å²) in [4.78, 5) is 11.9. The van der Waals surface area contributed by atoms with Crippen LogP contribution in [0.15, 0.2) is 12.2 Å². The quantitative estimate of drug-likeness (QED) is 0.240. The number of carbonyl (C=O) groups is 1. The number of hydrogen-bond donors (Lipinski definition) is 0. The average Bonchev–Trinajstić information content (AvgIpc) is 2.48. The van der Waals surface area contributed by atoms with Crippen molar-refractivity contribution in [3.05, 3.63) is 12.2 Å². The van der Waals surface area contributed by atoms with Gasteiger partial charge in [0.15, 0.2) is 0 Å². The average molecular weight is 296 g/mol. The monoisotopic (exact) mass is 296 g/mol. The minimum absolute atomic E-state index is 0.0197. The van der Waals surface area contributed by atoms with Gasteiger partial charge in [0.1, 0.15) is 0 Å². The van der Waals surface area contributed by atoms with Crippen molar-refractivity contribution in [2.75, 3.05) is 6.61 Å². The van der Waals surface area contributed by atoms with E-state index < -0.39 is 0 Å². The smallest absolute Gasteiger partial charge is 0.309 e. The summed E-state index contributed by atoms with van der Waals surface area (Å²) in [6.07, 6.45) is 15.7. The highest BCUT2D eigenvalue weighted by molar-refractivity contribution is 5.72. The van der Waals surface area contributed by atoms with Crippen LogP contribution < -0.4 is 0 Å². The van der Waals surface area contributed by atoms with Crippen molar-refractivity contribution >= 4 is 5.97 Å². The molecule has 0 aliphatic carbocycles. The van der Waals surface area contributed by atoms with Crippen molar-refractivity contribution in [3.63, 3.8) is 0 Å². The fourth-order valence-corrected chi connectivity index (χ4v) is 2.56. The maximum absolute atomic E-state index is 11.9. The van der Waals surface area contributed by atoms with Gasteiger partial charge in [-0.3, -0.25) is 4.79 Å². The summed E-state index contributed by atoms with van der Waals surface area (Å²) in [6.45, 7) is 8.79. The first-order chi connectivity index (χ1) is 10.2. The van der Waals surface area contributed by atoms with Gasteiger partial charge in [0.05, 0.1) is 12.5 Å². The highest BCUT2D eigenvalue weighted by atomic mass is 16.5. The lowest BCUT2D eigenvalue weighted by Gasteiger charge is -2.19. The first-order valence-electron chi connectivity index (χ1n) is 9.00. The van der Waals surface area contributed by atoms with E-state index in [0.717, 1.165) is 19.3 Å². The Morgan fingerprint density at radius 2 is 1.67 bits per heavy atom. The van der Waals surface area contributed by atoms with Gasteiger partial charge in [0, 0.05) is 0 Å². The van der Waals surface area contributed by atoms with Crippen LogP contribution in [0.4, 0.5) is 0 Å². The van der Waals surface area contributed by atoms with E-state index in [0.29, 0.717) is 12.5 Å². The van der Waals surface area contributed by atoms with Crippen LogP contribution in [-0.4, -0.2) is 12.6 Å². The molecule has 0 saturated carbocycles. The normalized spacial score (nSPS) is 14.3. The molecular formula is C19H36O2. The lowest BCUT2D eigenvalue weighted by Crippen LogP contribution is -2.22. The van der Waals surface area contributed by atoms with Gasteiger partial charge in [-0.2, -0.15) is 0 Å². The summed E-state index contributed by atoms with van der Waals surface area (Å²) >= 11 is 0. The van der Waals surface area contributed by atoms with E-state index >= 15 is 0 Å². The molecule has 0 radical (unpaired) electrons. The number of rotatable bonds is 13. The molecule has 0 aliphatic rings. The van der Waals surface area contributed by atoms with E-state index in [1.54, 1.807) is 0 Å². The van der Waals surface area contributed by atoms with Crippen molar-refractivity contribution < 1.29 is 9.53 Å². The molecule has 21 heavy (non-hydrogen) atoms. The molecule has 2 nitrogen and oxygen atoms in total. The van der Waals surface area contributed by atoms with Crippen LogP contribution in [-0.2, 0) is 9.53 Å². The Balaban J connectivity index is 4.22. The molecule has 2 heteroatoms. The predicted molar refractivity (Wildman–Crippen MR) is 91.3 cm³/mol. The van der Waals surface area contributed by atoms with Crippen molar-refractivity contribution in [1.82, 2.24) is 0 Å². The topological polar surface area (TPSA) is 26.3 Å². The molecule has 0 aromatic heterocycles. The van der Waals surface area contributed by atoms with Gasteiger partial charge < -0.3 is 4.74 Å².